The summed E-state index contributed by atoms with van der Waals surface area (Å²) in [5.74, 6) is 0.249. The molecular formula is C19H24N4O3S. The van der Waals surface area contributed by atoms with Gasteiger partial charge in [0, 0.05) is 37.4 Å². The van der Waals surface area contributed by atoms with Gasteiger partial charge in [0.05, 0.1) is 4.90 Å². The number of nitrogens with one attached hydrogen (secondary N) is 3. The highest BCUT2D eigenvalue weighted by Gasteiger charge is 2.23. The van der Waals surface area contributed by atoms with Crippen LogP contribution in [0, 0.1) is 0 Å². The van der Waals surface area contributed by atoms with Crippen molar-refractivity contribution in [1.82, 2.24) is 10.0 Å². The van der Waals surface area contributed by atoms with Gasteiger partial charge in [-0.3, -0.25) is 0 Å². The van der Waals surface area contributed by atoms with Gasteiger partial charge in [-0.1, -0.05) is 24.3 Å². The molecule has 0 spiro atoms. The van der Waals surface area contributed by atoms with Gasteiger partial charge in [0.1, 0.15) is 0 Å². The third kappa shape index (κ3) is 4.40. The second kappa shape index (κ2) is 7.98. The van der Waals surface area contributed by atoms with Crippen LogP contribution in [0.2, 0.25) is 0 Å². The van der Waals surface area contributed by atoms with Gasteiger partial charge in [0.25, 0.3) is 0 Å². The predicted molar refractivity (Wildman–Crippen MR) is 107 cm³/mol. The van der Waals surface area contributed by atoms with Gasteiger partial charge < -0.3 is 15.5 Å². The third-order valence-corrected chi connectivity index (χ3v) is 6.19. The highest BCUT2D eigenvalue weighted by Crippen LogP contribution is 2.33. The Kier molecular flexibility index (Phi) is 5.67. The number of para-hydroxylation sites is 1. The van der Waals surface area contributed by atoms with Crippen molar-refractivity contribution in [3.63, 3.8) is 0 Å². The van der Waals surface area contributed by atoms with Gasteiger partial charge in [-0.05, 0) is 43.3 Å². The van der Waals surface area contributed by atoms with E-state index >= 15 is 0 Å². The standard InChI is InChI=1S/C19H24N4O3S/c1-20-27(25,26)16-7-5-6-15(12-16)22-19(24)21-13-14-10-11-23(2)18-9-4-3-8-17(14)18/h3-9,12,14,20H,10-11,13H2,1-2H3,(H2,21,22,24). The van der Waals surface area contributed by atoms with Crippen LogP contribution in [0.25, 0.3) is 0 Å². The molecule has 1 heterocycles. The minimum absolute atomic E-state index is 0.104. The zero-order valence-corrected chi connectivity index (χ0v) is 16.2. The van der Waals surface area contributed by atoms with Crippen molar-refractivity contribution in [3.8, 4) is 0 Å². The quantitative estimate of drug-likeness (QED) is 0.733. The fourth-order valence-corrected chi connectivity index (χ4v) is 4.04. The van der Waals surface area contributed by atoms with Gasteiger partial charge in [0.15, 0.2) is 0 Å². The fourth-order valence-electron chi connectivity index (χ4n) is 3.27. The van der Waals surface area contributed by atoms with Crippen LogP contribution in [0.4, 0.5) is 16.2 Å². The number of urea groups is 1. The van der Waals surface area contributed by atoms with Crippen LogP contribution in [0.5, 0.6) is 0 Å². The molecule has 0 saturated heterocycles. The van der Waals surface area contributed by atoms with Crippen molar-refractivity contribution in [1.29, 1.82) is 0 Å². The van der Waals surface area contributed by atoms with Crippen molar-refractivity contribution >= 4 is 27.4 Å². The first-order chi connectivity index (χ1) is 12.9. The maximum absolute atomic E-state index is 12.3. The number of anilines is 2. The Balaban J connectivity index is 1.63. The molecule has 1 unspecified atom stereocenters. The lowest BCUT2D eigenvalue weighted by Crippen LogP contribution is -2.36. The van der Waals surface area contributed by atoms with E-state index in [1.807, 2.05) is 12.1 Å². The molecule has 0 saturated carbocycles. The lowest BCUT2D eigenvalue weighted by molar-refractivity contribution is 0.251. The molecule has 1 aliphatic rings. The normalized spacial score (nSPS) is 16.5. The highest BCUT2D eigenvalue weighted by molar-refractivity contribution is 7.89. The van der Waals surface area contributed by atoms with E-state index in [1.54, 1.807) is 12.1 Å². The van der Waals surface area contributed by atoms with Crippen LogP contribution in [0.1, 0.15) is 17.9 Å². The van der Waals surface area contributed by atoms with E-state index in [9.17, 15) is 13.2 Å². The van der Waals surface area contributed by atoms with Crippen molar-refractivity contribution < 1.29 is 13.2 Å². The second-order valence-electron chi connectivity index (χ2n) is 6.54. The lowest BCUT2D eigenvalue weighted by Gasteiger charge is -2.33. The number of amides is 2. The summed E-state index contributed by atoms with van der Waals surface area (Å²) in [6.45, 7) is 1.46. The topological polar surface area (TPSA) is 90.5 Å². The van der Waals surface area contributed by atoms with E-state index in [0.29, 0.717) is 12.2 Å². The lowest BCUT2D eigenvalue weighted by atomic mass is 9.90. The van der Waals surface area contributed by atoms with Crippen molar-refractivity contribution in [2.45, 2.75) is 17.2 Å². The highest BCUT2D eigenvalue weighted by atomic mass is 32.2. The molecule has 144 valence electrons. The van der Waals surface area contributed by atoms with Gasteiger partial charge in [0.2, 0.25) is 10.0 Å². The predicted octanol–water partition coefficient (Wildman–Crippen LogP) is 2.34. The Morgan fingerprint density at radius 1 is 1.19 bits per heavy atom. The molecule has 1 atom stereocenters. The summed E-state index contributed by atoms with van der Waals surface area (Å²) in [7, 11) is -0.131. The first-order valence-electron chi connectivity index (χ1n) is 8.79. The molecule has 0 radical (unpaired) electrons. The number of carbonyl (C=O) groups excluding carboxylic acids is 1. The Morgan fingerprint density at radius 3 is 2.74 bits per heavy atom. The number of nitrogens with zero attached hydrogens (tertiary/aromatic N) is 1. The maximum atomic E-state index is 12.3. The fraction of sp³-hybridized carbons (Fsp3) is 0.316. The SMILES string of the molecule is CNS(=O)(=O)c1cccc(NC(=O)NCC2CCN(C)c3ccccc32)c1. The number of hydrogen-bond donors (Lipinski definition) is 3. The summed E-state index contributed by atoms with van der Waals surface area (Å²) in [6, 6.07) is 14.0. The minimum atomic E-state index is -3.55. The van der Waals surface area contributed by atoms with E-state index < -0.39 is 10.0 Å². The molecule has 1 aliphatic heterocycles. The van der Waals surface area contributed by atoms with Gasteiger partial charge >= 0.3 is 6.03 Å². The molecular weight excluding hydrogens is 364 g/mol. The van der Waals surface area contributed by atoms with Gasteiger partial charge in [-0.15, -0.1) is 0 Å². The Hall–Kier alpha value is -2.58. The van der Waals surface area contributed by atoms with Gasteiger partial charge in [-0.25, -0.2) is 17.9 Å². The number of sulfonamides is 1. The molecule has 0 aromatic heterocycles. The number of carbonyl (C=O) groups is 1. The van der Waals surface area contributed by atoms with Crippen LogP contribution in [-0.4, -0.2) is 41.6 Å². The zero-order valence-electron chi connectivity index (χ0n) is 15.4. The van der Waals surface area contributed by atoms with E-state index in [0.717, 1.165) is 13.0 Å². The van der Waals surface area contributed by atoms with Crippen LogP contribution in [-0.2, 0) is 10.0 Å². The van der Waals surface area contributed by atoms with Crippen LogP contribution in [0.3, 0.4) is 0 Å². The molecule has 8 heteroatoms. The van der Waals surface area contributed by atoms with Gasteiger partial charge in [-0.2, -0.15) is 0 Å². The molecule has 0 fully saturated rings. The number of benzene rings is 2. The summed E-state index contributed by atoms with van der Waals surface area (Å²) in [5, 5.41) is 5.59. The molecule has 3 N–H and O–H groups in total. The van der Waals surface area contributed by atoms with Crippen LogP contribution >= 0.6 is 0 Å². The number of fused-ring (bicyclic) bond motifs is 1. The molecule has 7 nitrogen and oxygen atoms in total. The molecule has 0 aliphatic carbocycles. The summed E-state index contributed by atoms with van der Waals surface area (Å²) in [6.07, 6.45) is 0.962. The van der Waals surface area contributed by atoms with Crippen molar-refractivity contribution in [3.05, 3.63) is 54.1 Å². The average molecular weight is 388 g/mol. The van der Waals surface area contributed by atoms with Crippen LogP contribution in [0.15, 0.2) is 53.4 Å². The number of rotatable bonds is 5. The van der Waals surface area contributed by atoms with E-state index in [1.165, 1.54) is 30.4 Å². The summed E-state index contributed by atoms with van der Waals surface area (Å²) < 4.78 is 26.0. The average Bonchev–Trinajstić information content (AvgIpc) is 2.68. The van der Waals surface area contributed by atoms with Crippen molar-refractivity contribution in [2.75, 3.05) is 37.4 Å². The third-order valence-electron chi connectivity index (χ3n) is 4.78. The van der Waals surface area contributed by atoms with E-state index in [4.69, 9.17) is 0 Å². The Bertz CT molecular complexity index is 930. The molecule has 27 heavy (non-hydrogen) atoms. The Morgan fingerprint density at radius 2 is 1.96 bits per heavy atom. The van der Waals surface area contributed by atoms with E-state index in [2.05, 4.69) is 39.4 Å². The summed E-state index contributed by atoms with van der Waals surface area (Å²) >= 11 is 0. The summed E-state index contributed by atoms with van der Waals surface area (Å²) in [4.78, 5) is 14.6. The Labute approximate surface area is 159 Å². The smallest absolute Gasteiger partial charge is 0.319 e. The second-order valence-corrected chi connectivity index (χ2v) is 8.42. The first-order valence-corrected chi connectivity index (χ1v) is 10.3. The molecule has 2 aromatic rings. The summed E-state index contributed by atoms with van der Waals surface area (Å²) in [5.41, 5.74) is 2.85. The first kappa shape index (κ1) is 19.2. The monoisotopic (exact) mass is 388 g/mol. The molecule has 2 aromatic carbocycles. The molecule has 3 rings (SSSR count). The molecule has 2 amide bonds. The minimum Gasteiger partial charge on any atom is -0.374 e. The van der Waals surface area contributed by atoms with E-state index in [-0.39, 0.29) is 16.8 Å². The number of hydrogen-bond acceptors (Lipinski definition) is 4. The largest absolute Gasteiger partial charge is 0.374 e. The maximum Gasteiger partial charge on any atom is 0.319 e. The van der Waals surface area contributed by atoms with Crippen LogP contribution < -0.4 is 20.3 Å². The molecule has 0 bridgehead atoms. The van der Waals surface area contributed by atoms with Crippen molar-refractivity contribution in [2.24, 2.45) is 0 Å². The zero-order chi connectivity index (χ0) is 19.4.